The molecule has 0 spiro atoms. The molecule has 4 rings (SSSR count). The maximum absolute atomic E-state index is 13.0. The fourth-order valence-electron chi connectivity index (χ4n) is 3.34. The Morgan fingerprint density at radius 3 is 2.66 bits per heavy atom. The van der Waals surface area contributed by atoms with Gasteiger partial charge in [-0.05, 0) is 42.8 Å². The number of fused-ring (bicyclic) bond motifs is 1. The number of imidazole rings is 1. The fraction of sp³-hybridized carbons (Fsp3) is 0.250. The molecule has 29 heavy (non-hydrogen) atoms. The summed E-state index contributed by atoms with van der Waals surface area (Å²) in [4.78, 5) is 8.46. The average Bonchev–Trinajstić information content (AvgIpc) is 3.34. The summed E-state index contributed by atoms with van der Waals surface area (Å²) in [6, 6.07) is 11.1. The van der Waals surface area contributed by atoms with Gasteiger partial charge in [0.15, 0.2) is 5.82 Å². The van der Waals surface area contributed by atoms with Crippen molar-refractivity contribution in [2.45, 2.75) is 25.7 Å². The summed E-state index contributed by atoms with van der Waals surface area (Å²) in [5, 5.41) is 4.19. The van der Waals surface area contributed by atoms with Gasteiger partial charge in [0.25, 0.3) is 0 Å². The molecule has 1 atom stereocenters. The summed E-state index contributed by atoms with van der Waals surface area (Å²) < 4.78 is 48.0. The third-order valence-electron chi connectivity index (χ3n) is 4.74. The van der Waals surface area contributed by atoms with Crippen LogP contribution >= 0.6 is 0 Å². The molecule has 4 aromatic rings. The van der Waals surface area contributed by atoms with Crippen molar-refractivity contribution < 1.29 is 17.9 Å². The Morgan fingerprint density at radius 1 is 1.10 bits per heavy atom. The first-order chi connectivity index (χ1) is 13.9. The number of benzene rings is 2. The lowest BCUT2D eigenvalue weighted by molar-refractivity contribution is -0.137. The predicted molar refractivity (Wildman–Crippen MR) is 101 cm³/mol. The molecule has 0 aliphatic rings. The normalized spacial score (nSPS) is 13.1. The quantitative estimate of drug-likeness (QED) is 0.498. The second kappa shape index (κ2) is 7.32. The number of rotatable bonds is 5. The number of alkyl halides is 3. The van der Waals surface area contributed by atoms with E-state index < -0.39 is 17.8 Å². The van der Waals surface area contributed by atoms with Crippen LogP contribution in [-0.2, 0) is 17.5 Å². The van der Waals surface area contributed by atoms with E-state index in [0.717, 1.165) is 23.4 Å². The van der Waals surface area contributed by atoms with E-state index in [0.29, 0.717) is 17.9 Å². The average molecular weight is 401 g/mol. The van der Waals surface area contributed by atoms with Crippen molar-refractivity contribution >= 4 is 11.0 Å². The molecule has 2 heterocycles. The minimum Gasteiger partial charge on any atom is -0.369 e. The van der Waals surface area contributed by atoms with E-state index in [9.17, 15) is 13.2 Å². The number of aryl methyl sites for hydroxylation is 1. The van der Waals surface area contributed by atoms with Crippen molar-refractivity contribution in [3.05, 3.63) is 72.1 Å². The van der Waals surface area contributed by atoms with Gasteiger partial charge in [-0.2, -0.15) is 18.3 Å². The van der Waals surface area contributed by atoms with E-state index in [2.05, 4.69) is 15.1 Å². The van der Waals surface area contributed by atoms with Crippen LogP contribution in [0.15, 0.2) is 55.1 Å². The number of aromatic nitrogens is 5. The zero-order chi connectivity index (χ0) is 20.6. The number of hydrogen-bond donors (Lipinski definition) is 0. The monoisotopic (exact) mass is 401 g/mol. The van der Waals surface area contributed by atoms with Crippen LogP contribution in [0.2, 0.25) is 0 Å². The van der Waals surface area contributed by atoms with E-state index in [1.54, 1.807) is 16.4 Å². The second-order valence-electron chi connectivity index (χ2n) is 6.46. The largest absolute Gasteiger partial charge is 0.416 e. The Balaban J connectivity index is 1.76. The van der Waals surface area contributed by atoms with Gasteiger partial charge >= 0.3 is 6.18 Å². The minimum atomic E-state index is -4.40. The molecular weight excluding hydrogens is 383 g/mol. The van der Waals surface area contributed by atoms with Crippen molar-refractivity contribution in [1.29, 1.82) is 0 Å². The fourth-order valence-corrected chi connectivity index (χ4v) is 3.34. The minimum absolute atomic E-state index is 0.277. The third kappa shape index (κ3) is 3.49. The molecule has 0 aliphatic carbocycles. The summed E-state index contributed by atoms with van der Waals surface area (Å²) in [6.07, 6.45) is -1.83. The molecule has 2 aromatic carbocycles. The number of hydrogen-bond acceptors (Lipinski definition) is 4. The molecule has 150 valence electrons. The third-order valence-corrected chi connectivity index (χ3v) is 4.74. The van der Waals surface area contributed by atoms with E-state index >= 15 is 0 Å². The second-order valence-corrected chi connectivity index (χ2v) is 6.46. The summed E-state index contributed by atoms with van der Waals surface area (Å²) >= 11 is 0. The molecule has 2 aromatic heterocycles. The Morgan fingerprint density at radius 2 is 1.93 bits per heavy atom. The van der Waals surface area contributed by atoms with E-state index in [1.807, 2.05) is 31.2 Å². The lowest BCUT2D eigenvalue weighted by atomic mass is 10.1. The van der Waals surface area contributed by atoms with Crippen LogP contribution in [-0.4, -0.2) is 31.4 Å². The van der Waals surface area contributed by atoms with Gasteiger partial charge in [0, 0.05) is 19.3 Å². The summed E-state index contributed by atoms with van der Waals surface area (Å²) in [6.45, 7) is 2.62. The van der Waals surface area contributed by atoms with Crippen molar-refractivity contribution in [1.82, 2.24) is 24.3 Å². The smallest absolute Gasteiger partial charge is 0.369 e. The Bertz CT molecular complexity index is 1150. The molecule has 1 unspecified atom stereocenters. The highest BCUT2D eigenvalue weighted by molar-refractivity contribution is 5.78. The summed E-state index contributed by atoms with van der Waals surface area (Å²) in [5.41, 5.74) is 1.75. The first kappa shape index (κ1) is 19.1. The molecule has 0 radical (unpaired) electrons. The van der Waals surface area contributed by atoms with Crippen molar-refractivity contribution in [2.24, 2.45) is 0 Å². The first-order valence-corrected chi connectivity index (χ1v) is 8.97. The van der Waals surface area contributed by atoms with Crippen LogP contribution in [0.3, 0.4) is 0 Å². The van der Waals surface area contributed by atoms with Crippen LogP contribution in [0.1, 0.15) is 30.0 Å². The van der Waals surface area contributed by atoms with Gasteiger partial charge in [-0.25, -0.2) is 14.6 Å². The maximum atomic E-state index is 13.0. The highest BCUT2D eigenvalue weighted by Gasteiger charge is 2.31. The van der Waals surface area contributed by atoms with Crippen LogP contribution in [0.25, 0.3) is 16.7 Å². The molecule has 0 saturated carbocycles. The molecule has 0 bridgehead atoms. The zero-order valence-corrected chi connectivity index (χ0v) is 15.8. The Kier molecular flexibility index (Phi) is 4.83. The van der Waals surface area contributed by atoms with Crippen LogP contribution in [0.4, 0.5) is 13.2 Å². The molecule has 0 fully saturated rings. The van der Waals surface area contributed by atoms with Crippen LogP contribution in [0, 0.1) is 0 Å². The highest BCUT2D eigenvalue weighted by atomic mass is 19.4. The number of halogens is 3. The molecule has 0 aliphatic heterocycles. The predicted octanol–water partition coefficient (Wildman–Crippen LogP) is 4.39. The summed E-state index contributed by atoms with van der Waals surface area (Å²) in [7, 11) is 1.59. The maximum Gasteiger partial charge on any atom is 0.416 e. The van der Waals surface area contributed by atoms with Crippen molar-refractivity contribution in [2.75, 3.05) is 7.11 Å². The van der Waals surface area contributed by atoms with E-state index in [-0.39, 0.29) is 5.52 Å². The molecule has 0 saturated heterocycles. The number of nitrogens with zero attached hydrogens (tertiary/aromatic N) is 5. The molecule has 0 N–H and O–H groups in total. The Labute approximate surface area is 164 Å². The van der Waals surface area contributed by atoms with E-state index in [1.165, 1.54) is 18.7 Å². The lowest BCUT2D eigenvalue weighted by Gasteiger charge is -2.17. The van der Waals surface area contributed by atoms with Crippen LogP contribution < -0.4 is 0 Å². The van der Waals surface area contributed by atoms with Crippen molar-refractivity contribution in [3.8, 4) is 5.69 Å². The molecule has 9 heteroatoms. The lowest BCUT2D eigenvalue weighted by Crippen LogP contribution is -2.13. The van der Waals surface area contributed by atoms with Gasteiger partial charge in [-0.3, -0.25) is 4.57 Å². The summed E-state index contributed by atoms with van der Waals surface area (Å²) in [5.74, 6) is 0.678. The van der Waals surface area contributed by atoms with Gasteiger partial charge in [0.1, 0.15) is 18.8 Å². The van der Waals surface area contributed by atoms with Gasteiger partial charge < -0.3 is 4.74 Å². The van der Waals surface area contributed by atoms with Crippen LogP contribution in [0.5, 0.6) is 0 Å². The molecule has 6 nitrogen and oxygen atoms in total. The standard InChI is InChI=1S/C20H18F3N5O/c1-3-28-19(24-11-26-28)18(29-2)13-5-4-6-15(9-13)27-12-25-16-10-14(20(21,22)23)7-8-17(16)27/h4-12,18H,3H2,1-2H3. The van der Waals surface area contributed by atoms with Gasteiger partial charge in [-0.1, -0.05) is 12.1 Å². The first-order valence-electron chi connectivity index (χ1n) is 8.97. The number of ether oxygens (including phenoxy) is 1. The number of methoxy groups -OCH3 is 1. The Hall–Kier alpha value is -3.20. The zero-order valence-electron chi connectivity index (χ0n) is 15.8. The van der Waals surface area contributed by atoms with E-state index in [4.69, 9.17) is 4.74 Å². The topological polar surface area (TPSA) is 57.8 Å². The van der Waals surface area contributed by atoms with Crippen molar-refractivity contribution in [3.63, 3.8) is 0 Å². The molecular formula is C20H18F3N5O. The highest BCUT2D eigenvalue weighted by Crippen LogP contribution is 2.32. The van der Waals surface area contributed by atoms with Gasteiger partial charge in [-0.15, -0.1) is 0 Å². The van der Waals surface area contributed by atoms with Gasteiger partial charge in [0.05, 0.1) is 16.6 Å². The van der Waals surface area contributed by atoms with Gasteiger partial charge in [0.2, 0.25) is 0 Å². The molecule has 0 amide bonds. The SMILES string of the molecule is CCn1ncnc1C(OC)c1cccc(-n2cnc3cc(C(F)(F)F)ccc32)c1.